The maximum atomic E-state index is 12.0. The maximum Gasteiger partial charge on any atom is 0.227 e. The summed E-state index contributed by atoms with van der Waals surface area (Å²) in [7, 11) is 1.83. The van der Waals surface area contributed by atoms with E-state index in [1.807, 2.05) is 40.0 Å². The van der Waals surface area contributed by atoms with Crippen molar-refractivity contribution >= 4 is 11.6 Å². The van der Waals surface area contributed by atoms with Gasteiger partial charge in [0.15, 0.2) is 0 Å². The summed E-state index contributed by atoms with van der Waals surface area (Å²) in [6, 6.07) is 6.14. The number of anilines is 1. The molecule has 1 atom stereocenters. The summed E-state index contributed by atoms with van der Waals surface area (Å²) in [4.78, 5) is 13.8. The van der Waals surface area contributed by atoms with E-state index in [-0.39, 0.29) is 11.8 Å². The van der Waals surface area contributed by atoms with Crippen molar-refractivity contribution in [3.05, 3.63) is 29.3 Å². The van der Waals surface area contributed by atoms with E-state index in [1.165, 1.54) is 0 Å². The zero-order chi connectivity index (χ0) is 13.0. The molecule has 0 aliphatic carbocycles. The predicted molar refractivity (Wildman–Crippen MR) is 72.2 cm³/mol. The first-order valence-electron chi connectivity index (χ1n) is 5.99. The van der Waals surface area contributed by atoms with Crippen LogP contribution in [0.15, 0.2) is 18.2 Å². The van der Waals surface area contributed by atoms with Gasteiger partial charge in [0.2, 0.25) is 5.91 Å². The molecule has 0 heterocycles. The van der Waals surface area contributed by atoms with Gasteiger partial charge in [-0.1, -0.05) is 19.1 Å². The molecule has 0 aliphatic heterocycles. The van der Waals surface area contributed by atoms with Gasteiger partial charge in [-0.25, -0.2) is 0 Å². The third-order valence-corrected chi connectivity index (χ3v) is 3.03. The molecule has 3 nitrogen and oxygen atoms in total. The zero-order valence-corrected chi connectivity index (χ0v) is 11.2. The van der Waals surface area contributed by atoms with Gasteiger partial charge in [0.05, 0.1) is 0 Å². The van der Waals surface area contributed by atoms with Crippen molar-refractivity contribution in [3.63, 3.8) is 0 Å². The SMILES string of the molecule is Cc1ccc(C)c(N(C)C(=O)CC(C)CN)c1. The molecule has 0 aromatic heterocycles. The largest absolute Gasteiger partial charge is 0.330 e. The van der Waals surface area contributed by atoms with Gasteiger partial charge in [0, 0.05) is 19.2 Å². The normalized spacial score (nSPS) is 12.3. The van der Waals surface area contributed by atoms with E-state index in [0.717, 1.165) is 16.8 Å². The molecule has 0 aliphatic rings. The second kappa shape index (κ2) is 5.82. The number of nitrogens with zero attached hydrogens (tertiary/aromatic N) is 1. The average molecular weight is 234 g/mol. The molecule has 1 rings (SSSR count). The Kier molecular flexibility index (Phi) is 4.70. The van der Waals surface area contributed by atoms with Crippen LogP contribution in [0.3, 0.4) is 0 Å². The van der Waals surface area contributed by atoms with E-state index >= 15 is 0 Å². The van der Waals surface area contributed by atoms with Gasteiger partial charge in [-0.2, -0.15) is 0 Å². The molecule has 1 amide bonds. The fourth-order valence-corrected chi connectivity index (χ4v) is 1.73. The van der Waals surface area contributed by atoms with Crippen molar-refractivity contribution < 1.29 is 4.79 Å². The molecule has 3 heteroatoms. The molecule has 0 saturated carbocycles. The highest BCUT2D eigenvalue weighted by Crippen LogP contribution is 2.21. The second-order valence-electron chi connectivity index (χ2n) is 4.79. The van der Waals surface area contributed by atoms with Gasteiger partial charge < -0.3 is 10.6 Å². The molecule has 17 heavy (non-hydrogen) atoms. The van der Waals surface area contributed by atoms with Crippen LogP contribution in [-0.4, -0.2) is 19.5 Å². The number of amides is 1. The Balaban J connectivity index is 2.84. The fourth-order valence-electron chi connectivity index (χ4n) is 1.73. The van der Waals surface area contributed by atoms with Crippen molar-refractivity contribution in [1.82, 2.24) is 0 Å². The Morgan fingerprint density at radius 1 is 1.41 bits per heavy atom. The molecule has 94 valence electrons. The Labute approximate surface area is 104 Å². The number of rotatable bonds is 4. The molecule has 1 unspecified atom stereocenters. The number of hydrogen-bond donors (Lipinski definition) is 1. The van der Waals surface area contributed by atoms with Gasteiger partial charge in [-0.15, -0.1) is 0 Å². The van der Waals surface area contributed by atoms with Crippen LogP contribution in [0.1, 0.15) is 24.5 Å². The highest BCUT2D eigenvalue weighted by Gasteiger charge is 2.15. The summed E-state index contributed by atoms with van der Waals surface area (Å²) in [6.45, 7) is 6.59. The molecule has 1 aromatic rings. The van der Waals surface area contributed by atoms with Crippen LogP contribution >= 0.6 is 0 Å². The summed E-state index contributed by atoms with van der Waals surface area (Å²) >= 11 is 0. The molecule has 2 N–H and O–H groups in total. The third-order valence-electron chi connectivity index (χ3n) is 3.03. The minimum atomic E-state index is 0.122. The van der Waals surface area contributed by atoms with Crippen LogP contribution in [0.25, 0.3) is 0 Å². The standard InChI is InChI=1S/C14H22N2O/c1-10-5-6-12(3)13(7-10)16(4)14(17)8-11(2)9-15/h5-7,11H,8-9,15H2,1-4H3. The van der Waals surface area contributed by atoms with E-state index in [2.05, 4.69) is 6.07 Å². The summed E-state index contributed by atoms with van der Waals surface area (Å²) < 4.78 is 0. The number of aryl methyl sites for hydroxylation is 2. The van der Waals surface area contributed by atoms with Gasteiger partial charge in [-0.05, 0) is 43.5 Å². The lowest BCUT2D eigenvalue weighted by Crippen LogP contribution is -2.29. The van der Waals surface area contributed by atoms with Gasteiger partial charge in [0.25, 0.3) is 0 Å². The van der Waals surface area contributed by atoms with Gasteiger partial charge in [0.1, 0.15) is 0 Å². The topological polar surface area (TPSA) is 46.3 Å². The molecule has 0 fully saturated rings. The Hall–Kier alpha value is -1.35. The first-order valence-corrected chi connectivity index (χ1v) is 5.99. The Morgan fingerprint density at radius 2 is 2.06 bits per heavy atom. The summed E-state index contributed by atoms with van der Waals surface area (Å²) in [5.74, 6) is 0.353. The van der Waals surface area contributed by atoms with Crippen molar-refractivity contribution in [2.75, 3.05) is 18.5 Å². The van der Waals surface area contributed by atoms with E-state index in [9.17, 15) is 4.79 Å². The number of carbonyl (C=O) groups is 1. The lowest BCUT2D eigenvalue weighted by atomic mass is 10.1. The van der Waals surface area contributed by atoms with E-state index in [0.29, 0.717) is 13.0 Å². The highest BCUT2D eigenvalue weighted by molar-refractivity contribution is 5.93. The predicted octanol–water partition coefficient (Wildman–Crippen LogP) is 2.25. The smallest absolute Gasteiger partial charge is 0.227 e. The van der Waals surface area contributed by atoms with Crippen molar-refractivity contribution in [2.45, 2.75) is 27.2 Å². The van der Waals surface area contributed by atoms with Gasteiger partial charge >= 0.3 is 0 Å². The second-order valence-corrected chi connectivity index (χ2v) is 4.79. The van der Waals surface area contributed by atoms with E-state index in [1.54, 1.807) is 4.90 Å². The maximum absolute atomic E-state index is 12.0. The summed E-state index contributed by atoms with van der Waals surface area (Å²) in [5.41, 5.74) is 8.81. The first kappa shape index (κ1) is 13.7. The fraction of sp³-hybridized carbons (Fsp3) is 0.500. The molecule has 0 radical (unpaired) electrons. The summed E-state index contributed by atoms with van der Waals surface area (Å²) in [6.07, 6.45) is 0.500. The molecular formula is C14H22N2O. The zero-order valence-electron chi connectivity index (χ0n) is 11.2. The highest BCUT2D eigenvalue weighted by atomic mass is 16.2. The molecule has 0 saturated heterocycles. The van der Waals surface area contributed by atoms with Crippen molar-refractivity contribution in [2.24, 2.45) is 11.7 Å². The molecule has 0 bridgehead atoms. The Morgan fingerprint density at radius 3 is 2.65 bits per heavy atom. The van der Waals surface area contributed by atoms with Crippen LogP contribution in [0.5, 0.6) is 0 Å². The van der Waals surface area contributed by atoms with Crippen LogP contribution in [0, 0.1) is 19.8 Å². The molecule has 0 spiro atoms. The number of nitrogens with two attached hydrogens (primary N) is 1. The third kappa shape index (κ3) is 3.56. The minimum Gasteiger partial charge on any atom is -0.330 e. The van der Waals surface area contributed by atoms with Crippen LogP contribution in [0.2, 0.25) is 0 Å². The Bertz CT molecular complexity index is 401. The van der Waals surface area contributed by atoms with Gasteiger partial charge in [-0.3, -0.25) is 4.79 Å². The minimum absolute atomic E-state index is 0.122. The number of hydrogen-bond acceptors (Lipinski definition) is 2. The number of carbonyl (C=O) groups excluding carboxylic acids is 1. The van der Waals surface area contributed by atoms with E-state index in [4.69, 9.17) is 5.73 Å². The van der Waals surface area contributed by atoms with Crippen LogP contribution < -0.4 is 10.6 Å². The summed E-state index contributed by atoms with van der Waals surface area (Å²) in [5, 5.41) is 0. The number of benzene rings is 1. The first-order chi connectivity index (χ1) is 7.95. The molecular weight excluding hydrogens is 212 g/mol. The molecule has 1 aromatic carbocycles. The quantitative estimate of drug-likeness (QED) is 0.868. The lowest BCUT2D eigenvalue weighted by molar-refractivity contribution is -0.119. The van der Waals surface area contributed by atoms with E-state index < -0.39 is 0 Å². The monoisotopic (exact) mass is 234 g/mol. The van der Waals surface area contributed by atoms with Crippen LogP contribution in [0.4, 0.5) is 5.69 Å². The average Bonchev–Trinajstić information content (AvgIpc) is 2.31. The van der Waals surface area contributed by atoms with Crippen molar-refractivity contribution in [1.29, 1.82) is 0 Å². The lowest BCUT2D eigenvalue weighted by Gasteiger charge is -2.21. The van der Waals surface area contributed by atoms with Crippen LogP contribution in [-0.2, 0) is 4.79 Å². The van der Waals surface area contributed by atoms with Crippen molar-refractivity contribution in [3.8, 4) is 0 Å².